The van der Waals surface area contributed by atoms with Gasteiger partial charge in [-0.05, 0) is 43.6 Å². The van der Waals surface area contributed by atoms with Crippen molar-refractivity contribution < 1.29 is 9.53 Å². The van der Waals surface area contributed by atoms with Crippen molar-refractivity contribution in [2.45, 2.75) is 44.2 Å². The van der Waals surface area contributed by atoms with Gasteiger partial charge in [0, 0.05) is 17.5 Å². The molecule has 2 saturated carbocycles. The minimum atomic E-state index is -0.155. The van der Waals surface area contributed by atoms with Gasteiger partial charge in [-0.15, -0.1) is 0 Å². The molecule has 2 aliphatic carbocycles. The van der Waals surface area contributed by atoms with E-state index in [0.29, 0.717) is 34.2 Å². The number of ether oxygens (including phenoxy) is 1. The van der Waals surface area contributed by atoms with Gasteiger partial charge in [0.1, 0.15) is 17.4 Å². The number of rotatable bonds is 2. The standard InChI is InChI=1S/C18H22Cl2N2O2/c19-13-5-4-12-14(8-24-17(12)15(13)20)22-18(23)11-6-9-2-1-3-10(7-11)16(9)21/h4-5,9-11,14,16H,1-3,6-8,21H2,(H,22,23). The fourth-order valence-corrected chi connectivity index (χ4v) is 5.01. The van der Waals surface area contributed by atoms with Crippen LogP contribution < -0.4 is 15.8 Å². The number of carbonyl (C=O) groups is 1. The van der Waals surface area contributed by atoms with Crippen molar-refractivity contribution in [2.75, 3.05) is 6.61 Å². The number of fused-ring (bicyclic) bond motifs is 3. The highest BCUT2D eigenvalue weighted by Gasteiger charge is 2.41. The van der Waals surface area contributed by atoms with Crippen LogP contribution in [0.4, 0.5) is 0 Å². The number of halogens is 2. The lowest BCUT2D eigenvalue weighted by Gasteiger charge is -2.43. The molecule has 6 heteroatoms. The molecular formula is C18H22Cl2N2O2. The summed E-state index contributed by atoms with van der Waals surface area (Å²) in [6, 6.07) is 3.75. The summed E-state index contributed by atoms with van der Waals surface area (Å²) in [6.45, 7) is 0.403. The summed E-state index contributed by atoms with van der Waals surface area (Å²) in [6.07, 6.45) is 5.38. The average Bonchev–Trinajstić information content (AvgIpc) is 2.94. The van der Waals surface area contributed by atoms with Crippen molar-refractivity contribution in [3.63, 3.8) is 0 Å². The molecule has 3 atom stereocenters. The second-order valence-corrected chi connectivity index (χ2v) is 8.13. The van der Waals surface area contributed by atoms with Gasteiger partial charge in [0.15, 0.2) is 0 Å². The first-order chi connectivity index (χ1) is 11.5. The first-order valence-electron chi connectivity index (χ1n) is 8.71. The molecule has 0 aromatic heterocycles. The SMILES string of the molecule is NC1C2CCCC1CC(C(=O)NC1COc3c1ccc(Cl)c3Cl)C2. The number of hydrogen-bond acceptors (Lipinski definition) is 3. The van der Waals surface area contributed by atoms with E-state index in [0.717, 1.165) is 31.2 Å². The van der Waals surface area contributed by atoms with Crippen LogP contribution in [0.25, 0.3) is 0 Å². The second-order valence-electron chi connectivity index (χ2n) is 7.35. The van der Waals surface area contributed by atoms with Crippen LogP contribution in [0.15, 0.2) is 12.1 Å². The van der Waals surface area contributed by atoms with E-state index in [1.54, 1.807) is 6.07 Å². The van der Waals surface area contributed by atoms with Crippen molar-refractivity contribution in [1.29, 1.82) is 0 Å². The number of hydrogen-bond donors (Lipinski definition) is 2. The molecule has 3 aliphatic rings. The third kappa shape index (κ3) is 2.79. The molecule has 4 nitrogen and oxygen atoms in total. The van der Waals surface area contributed by atoms with Crippen LogP contribution in [0.1, 0.15) is 43.7 Å². The maximum atomic E-state index is 12.8. The quantitative estimate of drug-likeness (QED) is 0.836. The van der Waals surface area contributed by atoms with E-state index in [-0.39, 0.29) is 23.9 Å². The monoisotopic (exact) mass is 368 g/mol. The van der Waals surface area contributed by atoms with Crippen LogP contribution in [0.5, 0.6) is 5.75 Å². The van der Waals surface area contributed by atoms with E-state index >= 15 is 0 Å². The van der Waals surface area contributed by atoms with Gasteiger partial charge in [-0.25, -0.2) is 0 Å². The Morgan fingerprint density at radius 3 is 2.62 bits per heavy atom. The van der Waals surface area contributed by atoms with Crippen LogP contribution in [0.3, 0.4) is 0 Å². The van der Waals surface area contributed by atoms with Gasteiger partial charge in [-0.3, -0.25) is 4.79 Å². The Morgan fingerprint density at radius 2 is 1.92 bits per heavy atom. The van der Waals surface area contributed by atoms with Crippen molar-refractivity contribution in [3.8, 4) is 5.75 Å². The number of benzene rings is 1. The second kappa shape index (κ2) is 6.40. The van der Waals surface area contributed by atoms with E-state index in [1.165, 1.54) is 6.42 Å². The van der Waals surface area contributed by atoms with Crippen LogP contribution in [0, 0.1) is 17.8 Å². The van der Waals surface area contributed by atoms with Gasteiger partial charge in [-0.2, -0.15) is 0 Å². The van der Waals surface area contributed by atoms with Crippen molar-refractivity contribution in [2.24, 2.45) is 23.5 Å². The first kappa shape index (κ1) is 16.5. The zero-order valence-corrected chi connectivity index (χ0v) is 14.9. The van der Waals surface area contributed by atoms with E-state index < -0.39 is 0 Å². The van der Waals surface area contributed by atoms with E-state index in [2.05, 4.69) is 5.32 Å². The summed E-state index contributed by atoms with van der Waals surface area (Å²) in [4.78, 5) is 12.8. The molecule has 1 aromatic carbocycles. The molecule has 3 N–H and O–H groups in total. The lowest BCUT2D eigenvalue weighted by Crippen LogP contribution is -2.49. The smallest absolute Gasteiger partial charge is 0.223 e. The van der Waals surface area contributed by atoms with Crippen LogP contribution in [-0.2, 0) is 4.79 Å². The van der Waals surface area contributed by atoms with Crippen LogP contribution >= 0.6 is 23.2 Å². The summed E-state index contributed by atoms with van der Waals surface area (Å²) >= 11 is 12.2. The summed E-state index contributed by atoms with van der Waals surface area (Å²) in [5, 5.41) is 4.04. The highest BCUT2D eigenvalue weighted by molar-refractivity contribution is 6.43. The Bertz CT molecular complexity index is 653. The van der Waals surface area contributed by atoms with E-state index in [4.69, 9.17) is 33.7 Å². The van der Waals surface area contributed by atoms with Crippen molar-refractivity contribution in [1.82, 2.24) is 5.32 Å². The highest BCUT2D eigenvalue weighted by Crippen LogP contribution is 2.44. The maximum Gasteiger partial charge on any atom is 0.223 e. The van der Waals surface area contributed by atoms with Gasteiger partial charge >= 0.3 is 0 Å². The van der Waals surface area contributed by atoms with Gasteiger partial charge < -0.3 is 15.8 Å². The molecule has 1 heterocycles. The lowest BCUT2D eigenvalue weighted by molar-refractivity contribution is -0.128. The maximum absolute atomic E-state index is 12.8. The minimum Gasteiger partial charge on any atom is -0.489 e. The molecule has 3 unspecified atom stereocenters. The van der Waals surface area contributed by atoms with Crippen LogP contribution in [-0.4, -0.2) is 18.6 Å². The average molecular weight is 369 g/mol. The predicted molar refractivity (Wildman–Crippen MR) is 94.4 cm³/mol. The summed E-state index contributed by atoms with van der Waals surface area (Å²) < 4.78 is 5.65. The minimum absolute atomic E-state index is 0.0620. The van der Waals surface area contributed by atoms with E-state index in [1.807, 2.05) is 6.07 Å². The van der Waals surface area contributed by atoms with Gasteiger partial charge in [-0.1, -0.05) is 35.7 Å². The molecule has 2 bridgehead atoms. The molecule has 1 amide bonds. The Kier molecular flexibility index (Phi) is 4.40. The van der Waals surface area contributed by atoms with Crippen molar-refractivity contribution in [3.05, 3.63) is 27.7 Å². The molecule has 0 radical (unpaired) electrons. The van der Waals surface area contributed by atoms with Gasteiger partial charge in [0.2, 0.25) is 5.91 Å². The van der Waals surface area contributed by atoms with Gasteiger partial charge in [0.25, 0.3) is 0 Å². The molecule has 1 aromatic rings. The molecule has 0 saturated heterocycles. The first-order valence-corrected chi connectivity index (χ1v) is 9.47. The summed E-state index contributed by atoms with van der Waals surface area (Å²) in [5.74, 6) is 1.76. The predicted octanol–water partition coefficient (Wildman–Crippen LogP) is 3.70. The molecular weight excluding hydrogens is 347 g/mol. The van der Waals surface area contributed by atoms with Crippen LogP contribution in [0.2, 0.25) is 10.0 Å². The zero-order valence-electron chi connectivity index (χ0n) is 13.4. The summed E-state index contributed by atoms with van der Waals surface area (Å²) in [5.41, 5.74) is 7.23. The Morgan fingerprint density at radius 1 is 1.21 bits per heavy atom. The van der Waals surface area contributed by atoms with Crippen molar-refractivity contribution >= 4 is 29.1 Å². The molecule has 1 aliphatic heterocycles. The van der Waals surface area contributed by atoms with Gasteiger partial charge in [0.05, 0.1) is 11.1 Å². The Labute approximate surface area is 152 Å². The molecule has 2 fully saturated rings. The zero-order chi connectivity index (χ0) is 16.8. The number of nitrogens with two attached hydrogens (primary N) is 1. The molecule has 24 heavy (non-hydrogen) atoms. The number of nitrogens with one attached hydrogen (secondary N) is 1. The number of amides is 1. The highest BCUT2D eigenvalue weighted by atomic mass is 35.5. The molecule has 0 spiro atoms. The third-order valence-electron chi connectivity index (χ3n) is 5.95. The molecule has 130 valence electrons. The normalized spacial score (nSPS) is 34.4. The Hall–Kier alpha value is -0.970. The lowest BCUT2D eigenvalue weighted by atomic mass is 9.65. The molecule has 4 rings (SSSR count). The third-order valence-corrected chi connectivity index (χ3v) is 6.74. The summed E-state index contributed by atoms with van der Waals surface area (Å²) in [7, 11) is 0. The fraction of sp³-hybridized carbons (Fsp3) is 0.611. The Balaban J connectivity index is 1.46. The number of carbonyl (C=O) groups excluding carboxylic acids is 1. The van der Waals surface area contributed by atoms with E-state index in [9.17, 15) is 4.79 Å². The topological polar surface area (TPSA) is 64.4 Å². The fourth-order valence-electron chi connectivity index (χ4n) is 4.64. The largest absolute Gasteiger partial charge is 0.489 e.